The van der Waals surface area contributed by atoms with E-state index in [0.29, 0.717) is 17.1 Å². The van der Waals surface area contributed by atoms with Crippen molar-refractivity contribution in [3.8, 4) is 5.75 Å². The van der Waals surface area contributed by atoms with E-state index in [9.17, 15) is 14.1 Å². The van der Waals surface area contributed by atoms with Crippen LogP contribution in [0.5, 0.6) is 5.75 Å². The van der Waals surface area contributed by atoms with Gasteiger partial charge in [0.25, 0.3) is 0 Å². The number of carbonyl (C=O) groups excluding carboxylic acids is 2. The van der Waals surface area contributed by atoms with Crippen molar-refractivity contribution in [1.29, 1.82) is 0 Å². The van der Waals surface area contributed by atoms with Crippen molar-refractivity contribution >= 4 is 34.0 Å². The van der Waals surface area contributed by atoms with E-state index in [2.05, 4.69) is 6.58 Å². The molecule has 5 nitrogen and oxygen atoms in total. The van der Waals surface area contributed by atoms with Gasteiger partial charge < -0.3 is 14.0 Å². The molecule has 1 aromatic rings. The molecule has 0 amide bonds. The van der Waals surface area contributed by atoms with E-state index in [-0.39, 0.29) is 18.3 Å². The van der Waals surface area contributed by atoms with Crippen molar-refractivity contribution in [2.24, 2.45) is 5.92 Å². The van der Waals surface area contributed by atoms with E-state index in [4.69, 9.17) is 9.47 Å². The molecule has 27 heavy (non-hydrogen) atoms. The second-order valence-electron chi connectivity index (χ2n) is 5.85. The van der Waals surface area contributed by atoms with Gasteiger partial charge in [-0.2, -0.15) is 0 Å². The second kappa shape index (κ2) is 12.1. The topological polar surface area (TPSA) is 75.7 Å². The van der Waals surface area contributed by atoms with Crippen molar-refractivity contribution < 1.29 is 23.6 Å². The lowest BCUT2D eigenvalue weighted by atomic mass is 9.83. The Bertz CT molecular complexity index is 615. The molecule has 1 rings (SSSR count). The number of esters is 1. The van der Waals surface area contributed by atoms with Crippen LogP contribution in [0.2, 0.25) is 0 Å². The summed E-state index contributed by atoms with van der Waals surface area (Å²) in [6, 6.07) is 7.21. The molecule has 0 aliphatic heterocycles. The molecule has 0 saturated carbocycles. The fraction of sp³-hybridized carbons (Fsp3) is 0.500. The average Bonchev–Trinajstić information content (AvgIpc) is 2.64. The minimum Gasteiger partial charge on any atom is -0.616 e. The number of ether oxygens (including phenoxy) is 2. The number of hydrogen-bond donors (Lipinski definition) is 0. The van der Waals surface area contributed by atoms with Gasteiger partial charge in [0, 0.05) is 5.56 Å². The van der Waals surface area contributed by atoms with Gasteiger partial charge >= 0.3 is 5.97 Å². The third kappa shape index (κ3) is 6.59. The maximum absolute atomic E-state index is 12.8. The van der Waals surface area contributed by atoms with Gasteiger partial charge in [0.05, 0.1) is 18.8 Å². The van der Waals surface area contributed by atoms with E-state index in [1.54, 1.807) is 32.2 Å². The molecule has 0 aliphatic rings. The SMILES string of the molecule is C=CCOc1ccccc1C(C(C(=O)OCC)C(=O)SCC)C(C)[S+](C)[O-]. The molecule has 0 radical (unpaired) electrons. The highest BCUT2D eigenvalue weighted by Gasteiger charge is 2.44. The number of carbonyl (C=O) groups is 2. The summed E-state index contributed by atoms with van der Waals surface area (Å²) in [5.41, 5.74) is 0.671. The van der Waals surface area contributed by atoms with Gasteiger partial charge in [-0.1, -0.05) is 60.7 Å². The lowest BCUT2D eigenvalue weighted by Gasteiger charge is -2.30. The van der Waals surface area contributed by atoms with Crippen molar-refractivity contribution in [2.75, 3.05) is 25.2 Å². The van der Waals surface area contributed by atoms with E-state index in [0.717, 1.165) is 11.8 Å². The second-order valence-corrected chi connectivity index (χ2v) is 8.86. The predicted molar refractivity (Wildman–Crippen MR) is 112 cm³/mol. The number of benzene rings is 1. The molecule has 0 bridgehead atoms. The van der Waals surface area contributed by atoms with Crippen LogP contribution in [0.1, 0.15) is 32.3 Å². The van der Waals surface area contributed by atoms with E-state index < -0.39 is 34.2 Å². The fourth-order valence-electron chi connectivity index (χ4n) is 2.80. The van der Waals surface area contributed by atoms with Crippen LogP contribution in [0.25, 0.3) is 0 Å². The first-order valence-corrected chi connectivity index (χ1v) is 11.5. The lowest BCUT2D eigenvalue weighted by molar-refractivity contribution is -0.150. The molecule has 0 heterocycles. The summed E-state index contributed by atoms with van der Waals surface area (Å²) in [6.07, 6.45) is 3.19. The van der Waals surface area contributed by atoms with Crippen molar-refractivity contribution in [1.82, 2.24) is 0 Å². The zero-order chi connectivity index (χ0) is 20.4. The normalized spacial score (nSPS) is 15.3. The van der Waals surface area contributed by atoms with Crippen LogP contribution < -0.4 is 4.74 Å². The third-order valence-electron chi connectivity index (χ3n) is 4.10. The van der Waals surface area contributed by atoms with Crippen LogP contribution in [0.15, 0.2) is 36.9 Å². The first-order chi connectivity index (χ1) is 12.9. The van der Waals surface area contributed by atoms with Crippen molar-refractivity contribution in [2.45, 2.75) is 31.9 Å². The van der Waals surface area contributed by atoms with Gasteiger partial charge in [0.1, 0.15) is 23.5 Å². The molecule has 0 aromatic heterocycles. The molecule has 0 saturated heterocycles. The smallest absolute Gasteiger partial charge is 0.318 e. The van der Waals surface area contributed by atoms with Crippen LogP contribution >= 0.6 is 11.8 Å². The number of para-hydroxylation sites is 1. The van der Waals surface area contributed by atoms with Gasteiger partial charge in [-0.15, -0.1) is 0 Å². The average molecular weight is 413 g/mol. The number of hydrogen-bond acceptors (Lipinski definition) is 6. The molecule has 7 heteroatoms. The number of thioether (sulfide) groups is 1. The van der Waals surface area contributed by atoms with Crippen molar-refractivity contribution in [3.05, 3.63) is 42.5 Å². The van der Waals surface area contributed by atoms with Gasteiger partial charge in [-0.05, 0) is 25.7 Å². The molecule has 150 valence electrons. The standard InChI is InChI=1S/C20H28O5S2/c1-6-13-25-16-12-10-9-11-15(16)17(14(4)27(5)23)18(19(21)24-7-2)20(22)26-8-3/h6,9-12,14,17-18H,1,7-8,13H2,2-5H3. The molecule has 1 aromatic carbocycles. The van der Waals surface area contributed by atoms with E-state index >= 15 is 0 Å². The zero-order valence-corrected chi connectivity index (χ0v) is 17.9. The zero-order valence-electron chi connectivity index (χ0n) is 16.3. The molecule has 4 atom stereocenters. The van der Waals surface area contributed by atoms with Crippen LogP contribution in [-0.4, -0.2) is 46.1 Å². The molecule has 0 N–H and O–H groups in total. The highest BCUT2D eigenvalue weighted by molar-refractivity contribution is 8.13. The summed E-state index contributed by atoms with van der Waals surface area (Å²) >= 11 is -0.188. The Kier molecular flexibility index (Phi) is 10.6. The Morgan fingerprint density at radius 2 is 2.00 bits per heavy atom. The predicted octanol–water partition coefficient (Wildman–Crippen LogP) is 3.56. The Morgan fingerprint density at radius 1 is 1.33 bits per heavy atom. The molecular weight excluding hydrogens is 384 g/mol. The maximum Gasteiger partial charge on any atom is 0.318 e. The number of rotatable bonds is 11. The molecule has 0 spiro atoms. The minimum atomic E-state index is -1.26. The van der Waals surface area contributed by atoms with Gasteiger partial charge in [-0.25, -0.2) is 0 Å². The summed E-state index contributed by atoms with van der Waals surface area (Å²) in [4.78, 5) is 25.5. The van der Waals surface area contributed by atoms with Crippen LogP contribution in [0, 0.1) is 5.92 Å². The first kappa shape index (κ1) is 23.6. The lowest BCUT2D eigenvalue weighted by Crippen LogP contribution is -2.38. The van der Waals surface area contributed by atoms with Gasteiger partial charge in [0.15, 0.2) is 0 Å². The maximum atomic E-state index is 12.8. The fourth-order valence-corrected chi connectivity index (χ4v) is 4.22. The minimum absolute atomic E-state index is 0.171. The highest BCUT2D eigenvalue weighted by atomic mass is 32.2. The quantitative estimate of drug-likeness (QED) is 0.239. The van der Waals surface area contributed by atoms with E-state index in [1.807, 2.05) is 25.1 Å². The Morgan fingerprint density at radius 3 is 2.56 bits per heavy atom. The monoisotopic (exact) mass is 412 g/mol. The summed E-state index contributed by atoms with van der Waals surface area (Å²) in [5, 5.41) is -0.730. The Balaban J connectivity index is 3.50. The molecular formula is C20H28O5S2. The molecule has 0 aliphatic carbocycles. The van der Waals surface area contributed by atoms with Crippen molar-refractivity contribution in [3.63, 3.8) is 0 Å². The summed E-state index contributed by atoms with van der Waals surface area (Å²) in [7, 11) is 0. The highest BCUT2D eigenvalue weighted by Crippen LogP contribution is 2.39. The summed E-state index contributed by atoms with van der Waals surface area (Å²) < 4.78 is 23.3. The van der Waals surface area contributed by atoms with Crippen LogP contribution in [0.3, 0.4) is 0 Å². The molecule has 4 unspecified atom stereocenters. The largest absolute Gasteiger partial charge is 0.616 e. The Hall–Kier alpha value is -1.44. The molecule has 0 fully saturated rings. The van der Waals surface area contributed by atoms with Gasteiger partial charge in [0.2, 0.25) is 5.12 Å². The van der Waals surface area contributed by atoms with Crippen LogP contribution in [-0.2, 0) is 25.5 Å². The van der Waals surface area contributed by atoms with Crippen LogP contribution in [0.4, 0.5) is 0 Å². The van der Waals surface area contributed by atoms with Gasteiger partial charge in [-0.3, -0.25) is 9.59 Å². The summed E-state index contributed by atoms with van der Waals surface area (Å²) in [5.74, 6) is -1.18. The third-order valence-corrected chi connectivity index (χ3v) is 6.27. The van der Waals surface area contributed by atoms with E-state index in [1.165, 1.54) is 0 Å². The first-order valence-electron chi connectivity index (χ1n) is 8.87. The Labute approximate surface area is 169 Å². The summed E-state index contributed by atoms with van der Waals surface area (Å²) in [6.45, 7) is 9.43.